The van der Waals surface area contributed by atoms with Gasteiger partial charge in [0, 0.05) is 56.8 Å². The van der Waals surface area contributed by atoms with Crippen LogP contribution in [0.4, 0.5) is 0 Å². The Labute approximate surface area is 198 Å². The first kappa shape index (κ1) is 22.4. The van der Waals surface area contributed by atoms with E-state index in [2.05, 4.69) is 10.3 Å². The molecule has 1 aromatic carbocycles. The summed E-state index contributed by atoms with van der Waals surface area (Å²) in [4.78, 5) is 44.2. The largest absolute Gasteiger partial charge is 0.454 e. The zero-order valence-electron chi connectivity index (χ0n) is 19.4. The Morgan fingerprint density at radius 2 is 2.12 bits per heavy atom. The van der Waals surface area contributed by atoms with Crippen molar-refractivity contribution in [3.05, 3.63) is 42.0 Å². The minimum atomic E-state index is -0.460. The lowest BCUT2D eigenvalue weighted by Gasteiger charge is -2.34. The van der Waals surface area contributed by atoms with Gasteiger partial charge in [-0.3, -0.25) is 14.4 Å². The molecule has 5 rings (SSSR count). The second kappa shape index (κ2) is 9.12. The number of benzene rings is 1. The van der Waals surface area contributed by atoms with Gasteiger partial charge in [0.25, 0.3) is 0 Å². The zero-order valence-corrected chi connectivity index (χ0v) is 19.4. The molecule has 2 amide bonds. The summed E-state index contributed by atoms with van der Waals surface area (Å²) in [6.45, 7) is 1.30. The summed E-state index contributed by atoms with van der Waals surface area (Å²) in [7, 11) is 1.81. The lowest BCUT2D eigenvalue weighted by molar-refractivity contribution is -0.133. The summed E-state index contributed by atoms with van der Waals surface area (Å²) in [5.41, 5.74) is 0.580. The van der Waals surface area contributed by atoms with Gasteiger partial charge in [-0.05, 0) is 49.8 Å². The molecule has 34 heavy (non-hydrogen) atoms. The molecule has 2 aromatic rings. The van der Waals surface area contributed by atoms with Gasteiger partial charge in [-0.25, -0.2) is 4.98 Å². The van der Waals surface area contributed by atoms with Gasteiger partial charge in [-0.15, -0.1) is 0 Å². The molecule has 2 fully saturated rings. The number of carbonyl (C=O) groups is 3. The number of aryl methyl sites for hydroxylation is 1. The Morgan fingerprint density at radius 3 is 2.88 bits per heavy atom. The highest BCUT2D eigenvalue weighted by Crippen LogP contribution is 2.36. The van der Waals surface area contributed by atoms with Gasteiger partial charge in [0.15, 0.2) is 17.3 Å². The topological polar surface area (TPSA) is 103 Å². The normalized spacial score (nSPS) is 23.7. The van der Waals surface area contributed by atoms with Gasteiger partial charge in [-0.2, -0.15) is 0 Å². The number of carbonyl (C=O) groups excluding carboxylic acids is 3. The maximum atomic E-state index is 13.2. The Bertz CT molecular complexity index is 1110. The van der Waals surface area contributed by atoms with Gasteiger partial charge in [0.1, 0.15) is 0 Å². The number of fused-ring (bicyclic) bond motifs is 1. The number of ketones is 1. The van der Waals surface area contributed by atoms with Crippen LogP contribution in [0.3, 0.4) is 0 Å². The second-order valence-electron chi connectivity index (χ2n) is 9.60. The average molecular weight is 467 g/mol. The number of imidazole rings is 1. The van der Waals surface area contributed by atoms with Gasteiger partial charge in [-0.1, -0.05) is 6.07 Å². The number of rotatable bonds is 7. The summed E-state index contributed by atoms with van der Waals surface area (Å²) in [5, 5.41) is 3.15. The fourth-order valence-corrected chi connectivity index (χ4v) is 5.33. The van der Waals surface area contributed by atoms with Crippen LogP contribution in [0.15, 0.2) is 30.6 Å². The smallest absolute Gasteiger partial charge is 0.231 e. The number of nitrogens with zero attached hydrogens (tertiary/aromatic N) is 3. The van der Waals surface area contributed by atoms with E-state index < -0.39 is 5.54 Å². The summed E-state index contributed by atoms with van der Waals surface area (Å²) < 4.78 is 12.6. The predicted octanol–water partition coefficient (Wildman–Crippen LogP) is 2.24. The van der Waals surface area contributed by atoms with E-state index in [1.54, 1.807) is 21.9 Å². The first-order valence-electron chi connectivity index (χ1n) is 11.9. The quantitative estimate of drug-likeness (QED) is 0.628. The second-order valence-corrected chi connectivity index (χ2v) is 9.60. The van der Waals surface area contributed by atoms with Gasteiger partial charge in [0.05, 0.1) is 0 Å². The average Bonchev–Trinajstić information content (AvgIpc) is 3.57. The lowest BCUT2D eigenvalue weighted by atomic mass is 9.84. The standard InChI is InChI=1S/C25H30N4O5/c1-28-12-10-26-24(28)23(32)18-3-2-11-29(15-18)22(31)7-9-25(8-6-21(30)27-25)14-17-4-5-19-20(13-17)34-16-33-19/h4-5,10,12-13,18H,2-3,6-9,11,14-16H2,1H3,(H,27,30)/t18-,25-/m1/s1. The molecule has 0 aliphatic carbocycles. The van der Waals surface area contributed by atoms with E-state index in [0.29, 0.717) is 56.8 Å². The SMILES string of the molecule is Cn1ccnc1C(=O)[C@@H]1CCCN(C(=O)CC[C@@]2(Cc3ccc4c(c3)OCO4)CCC(=O)N2)C1. The highest BCUT2D eigenvalue weighted by molar-refractivity contribution is 5.95. The zero-order chi connectivity index (χ0) is 23.7. The van der Waals surface area contributed by atoms with Crippen LogP contribution in [0.5, 0.6) is 11.5 Å². The molecule has 0 saturated carbocycles. The molecule has 0 bridgehead atoms. The number of likely N-dealkylation sites (tertiary alicyclic amines) is 1. The Balaban J connectivity index is 1.23. The van der Waals surface area contributed by atoms with Crippen LogP contribution in [0.1, 0.15) is 54.7 Å². The number of Topliss-reactive ketones (excluding diaryl/α,β-unsaturated/α-hetero) is 1. The fraction of sp³-hybridized carbons (Fsp3) is 0.520. The molecule has 3 aliphatic heterocycles. The molecule has 180 valence electrons. The van der Waals surface area contributed by atoms with Gasteiger partial charge in [0.2, 0.25) is 24.4 Å². The number of piperidine rings is 1. The molecule has 0 radical (unpaired) electrons. The van der Waals surface area contributed by atoms with Crippen molar-refractivity contribution in [3.63, 3.8) is 0 Å². The molecule has 4 heterocycles. The first-order chi connectivity index (χ1) is 16.4. The third-order valence-electron chi connectivity index (χ3n) is 7.22. The van der Waals surface area contributed by atoms with E-state index in [-0.39, 0.29) is 30.3 Å². The number of amides is 2. The molecule has 0 spiro atoms. The molecule has 2 saturated heterocycles. The van der Waals surface area contributed by atoms with E-state index in [4.69, 9.17) is 9.47 Å². The summed E-state index contributed by atoms with van der Waals surface area (Å²) >= 11 is 0. The predicted molar refractivity (Wildman–Crippen MR) is 122 cm³/mol. The first-order valence-corrected chi connectivity index (χ1v) is 11.9. The number of hydrogen-bond donors (Lipinski definition) is 1. The highest BCUT2D eigenvalue weighted by atomic mass is 16.7. The minimum Gasteiger partial charge on any atom is -0.454 e. The number of hydrogen-bond acceptors (Lipinski definition) is 6. The van der Waals surface area contributed by atoms with Crippen LogP contribution in [-0.2, 0) is 23.1 Å². The molecular weight excluding hydrogens is 436 g/mol. The van der Waals surface area contributed by atoms with Gasteiger partial charge < -0.3 is 24.3 Å². The van der Waals surface area contributed by atoms with Crippen molar-refractivity contribution in [1.82, 2.24) is 19.8 Å². The monoisotopic (exact) mass is 466 g/mol. The van der Waals surface area contributed by atoms with Crippen LogP contribution in [-0.4, -0.2) is 57.5 Å². The van der Waals surface area contributed by atoms with E-state index in [0.717, 1.165) is 24.2 Å². The lowest BCUT2D eigenvalue weighted by Crippen LogP contribution is -2.46. The molecule has 0 unspecified atom stereocenters. The highest BCUT2D eigenvalue weighted by Gasteiger charge is 2.39. The van der Waals surface area contributed by atoms with Crippen LogP contribution in [0.25, 0.3) is 0 Å². The molecular formula is C25H30N4O5. The molecule has 2 atom stereocenters. The van der Waals surface area contributed by atoms with Crippen LogP contribution in [0, 0.1) is 5.92 Å². The molecule has 9 nitrogen and oxygen atoms in total. The van der Waals surface area contributed by atoms with Crippen LogP contribution >= 0.6 is 0 Å². The number of nitrogens with one attached hydrogen (secondary N) is 1. The molecule has 1 N–H and O–H groups in total. The van der Waals surface area contributed by atoms with E-state index in [1.165, 1.54) is 0 Å². The van der Waals surface area contributed by atoms with E-state index in [9.17, 15) is 14.4 Å². The van der Waals surface area contributed by atoms with Crippen molar-refractivity contribution in [2.24, 2.45) is 13.0 Å². The van der Waals surface area contributed by atoms with E-state index >= 15 is 0 Å². The fourth-order valence-electron chi connectivity index (χ4n) is 5.33. The number of aromatic nitrogens is 2. The van der Waals surface area contributed by atoms with E-state index in [1.807, 2.05) is 25.2 Å². The van der Waals surface area contributed by atoms with Gasteiger partial charge >= 0.3 is 0 Å². The third kappa shape index (κ3) is 4.51. The van der Waals surface area contributed by atoms with Crippen molar-refractivity contribution >= 4 is 17.6 Å². The summed E-state index contributed by atoms with van der Waals surface area (Å²) in [6.07, 6.45) is 7.60. The summed E-state index contributed by atoms with van der Waals surface area (Å²) in [5.74, 6) is 1.69. The molecule has 9 heteroatoms. The molecule has 1 aromatic heterocycles. The maximum absolute atomic E-state index is 13.2. The Morgan fingerprint density at radius 1 is 1.26 bits per heavy atom. The van der Waals surface area contributed by atoms with Crippen molar-refractivity contribution in [3.8, 4) is 11.5 Å². The van der Waals surface area contributed by atoms with Crippen molar-refractivity contribution in [2.75, 3.05) is 19.9 Å². The molecule has 3 aliphatic rings. The van der Waals surface area contributed by atoms with Crippen LogP contribution in [0.2, 0.25) is 0 Å². The van der Waals surface area contributed by atoms with Crippen molar-refractivity contribution in [1.29, 1.82) is 0 Å². The third-order valence-corrected chi connectivity index (χ3v) is 7.22. The summed E-state index contributed by atoms with van der Waals surface area (Å²) in [6, 6.07) is 5.83. The Kier molecular flexibility index (Phi) is 6.02. The van der Waals surface area contributed by atoms with Crippen LogP contribution < -0.4 is 14.8 Å². The minimum absolute atomic E-state index is 0.00710. The Hall–Kier alpha value is -3.36. The number of ether oxygens (including phenoxy) is 2. The van der Waals surface area contributed by atoms with Crippen molar-refractivity contribution < 1.29 is 23.9 Å². The maximum Gasteiger partial charge on any atom is 0.231 e. The van der Waals surface area contributed by atoms with Crippen molar-refractivity contribution in [2.45, 2.75) is 50.5 Å².